The molecule has 0 aliphatic carbocycles. The van der Waals surface area contributed by atoms with E-state index >= 15 is 0 Å². The Morgan fingerprint density at radius 2 is 2.00 bits per heavy atom. The molecule has 1 unspecified atom stereocenters. The summed E-state index contributed by atoms with van der Waals surface area (Å²) in [5.41, 5.74) is 1.18. The zero-order valence-electron chi connectivity index (χ0n) is 8.88. The van der Waals surface area contributed by atoms with Crippen LogP contribution in [0.1, 0.15) is 12.0 Å². The molecule has 0 saturated heterocycles. The van der Waals surface area contributed by atoms with Gasteiger partial charge in [0.25, 0.3) is 0 Å². The Balaban J connectivity index is 2.47. The second kappa shape index (κ2) is 6.96. The van der Waals surface area contributed by atoms with Crippen molar-refractivity contribution in [2.75, 3.05) is 19.0 Å². The van der Waals surface area contributed by atoms with Crippen LogP contribution in [0.5, 0.6) is 0 Å². The number of halogens is 2. The third-order valence-electron chi connectivity index (χ3n) is 2.39. The minimum absolute atomic E-state index is 0.175. The smallest absolute Gasteiger partial charge is 0.123 e. The van der Waals surface area contributed by atoms with Crippen LogP contribution >= 0.6 is 15.9 Å². The molecule has 1 aromatic rings. The van der Waals surface area contributed by atoms with Crippen LogP contribution < -0.4 is 0 Å². The first-order chi connectivity index (χ1) is 7.26. The second-order valence-corrected chi connectivity index (χ2v) is 4.28. The Kier molecular flexibility index (Phi) is 5.88. The molecular formula is C12H16BrFO. The van der Waals surface area contributed by atoms with E-state index in [1.807, 2.05) is 12.1 Å². The summed E-state index contributed by atoms with van der Waals surface area (Å²) in [6, 6.07) is 6.71. The number of rotatable bonds is 6. The lowest BCUT2D eigenvalue weighted by Crippen LogP contribution is -2.09. The Hall–Kier alpha value is -0.410. The van der Waals surface area contributed by atoms with Crippen molar-refractivity contribution in [3.05, 3.63) is 35.6 Å². The summed E-state index contributed by atoms with van der Waals surface area (Å²) in [5.74, 6) is 0.376. The summed E-state index contributed by atoms with van der Waals surface area (Å²) >= 11 is 3.49. The predicted octanol–water partition coefficient (Wildman–Crippen LogP) is 3.42. The van der Waals surface area contributed by atoms with E-state index in [1.54, 1.807) is 7.11 Å². The van der Waals surface area contributed by atoms with Crippen LogP contribution in [-0.4, -0.2) is 19.0 Å². The largest absolute Gasteiger partial charge is 0.385 e. The van der Waals surface area contributed by atoms with Crippen LogP contribution in [-0.2, 0) is 11.2 Å². The first kappa shape index (κ1) is 12.7. The number of ether oxygens (including phenoxy) is 1. The van der Waals surface area contributed by atoms with Crippen molar-refractivity contribution in [3.63, 3.8) is 0 Å². The monoisotopic (exact) mass is 274 g/mol. The van der Waals surface area contributed by atoms with Crippen molar-refractivity contribution in [2.24, 2.45) is 5.92 Å². The molecule has 1 aromatic carbocycles. The van der Waals surface area contributed by atoms with Gasteiger partial charge in [-0.3, -0.25) is 0 Å². The van der Waals surface area contributed by atoms with E-state index in [0.29, 0.717) is 5.92 Å². The third-order valence-corrected chi connectivity index (χ3v) is 3.30. The highest BCUT2D eigenvalue weighted by Gasteiger charge is 2.08. The zero-order valence-corrected chi connectivity index (χ0v) is 10.5. The van der Waals surface area contributed by atoms with E-state index in [1.165, 1.54) is 17.7 Å². The Morgan fingerprint density at radius 1 is 1.33 bits per heavy atom. The summed E-state index contributed by atoms with van der Waals surface area (Å²) < 4.78 is 17.7. The SMILES string of the molecule is COCCC(CBr)Cc1ccc(F)cc1. The average Bonchev–Trinajstić information content (AvgIpc) is 2.27. The predicted molar refractivity (Wildman–Crippen MR) is 63.9 cm³/mol. The molecule has 0 aliphatic rings. The van der Waals surface area contributed by atoms with Crippen molar-refractivity contribution < 1.29 is 9.13 Å². The molecule has 0 spiro atoms. The molecular weight excluding hydrogens is 259 g/mol. The molecule has 0 saturated carbocycles. The minimum atomic E-state index is -0.175. The second-order valence-electron chi connectivity index (χ2n) is 3.63. The highest BCUT2D eigenvalue weighted by molar-refractivity contribution is 9.09. The van der Waals surface area contributed by atoms with E-state index in [2.05, 4.69) is 15.9 Å². The van der Waals surface area contributed by atoms with Gasteiger partial charge in [-0.25, -0.2) is 4.39 Å². The van der Waals surface area contributed by atoms with Crippen molar-refractivity contribution in [1.82, 2.24) is 0 Å². The molecule has 0 N–H and O–H groups in total. The van der Waals surface area contributed by atoms with Gasteiger partial charge in [0.1, 0.15) is 5.82 Å². The lowest BCUT2D eigenvalue weighted by atomic mass is 9.98. The molecule has 84 valence electrons. The minimum Gasteiger partial charge on any atom is -0.385 e. The van der Waals surface area contributed by atoms with Gasteiger partial charge in [0.15, 0.2) is 0 Å². The number of methoxy groups -OCH3 is 1. The molecule has 0 aromatic heterocycles. The molecule has 15 heavy (non-hydrogen) atoms. The van der Waals surface area contributed by atoms with E-state index in [0.717, 1.165) is 24.8 Å². The Bertz CT molecular complexity index is 273. The van der Waals surface area contributed by atoms with Crippen LogP contribution in [0.2, 0.25) is 0 Å². The third kappa shape index (κ3) is 4.76. The summed E-state index contributed by atoms with van der Waals surface area (Å²) in [6.45, 7) is 0.775. The summed E-state index contributed by atoms with van der Waals surface area (Å²) in [6.07, 6.45) is 1.99. The van der Waals surface area contributed by atoms with E-state index in [9.17, 15) is 4.39 Å². The highest BCUT2D eigenvalue weighted by Crippen LogP contribution is 2.15. The molecule has 0 amide bonds. The molecule has 0 fully saturated rings. The summed E-state index contributed by atoms with van der Waals surface area (Å²) in [5, 5.41) is 0.952. The van der Waals surface area contributed by atoms with Crippen LogP contribution in [0.3, 0.4) is 0 Å². The van der Waals surface area contributed by atoms with Gasteiger partial charge < -0.3 is 4.74 Å². The maximum Gasteiger partial charge on any atom is 0.123 e. The van der Waals surface area contributed by atoms with E-state index < -0.39 is 0 Å². The number of hydrogen-bond acceptors (Lipinski definition) is 1. The molecule has 0 bridgehead atoms. The Morgan fingerprint density at radius 3 is 2.53 bits per heavy atom. The normalized spacial score (nSPS) is 12.7. The maximum absolute atomic E-state index is 12.7. The van der Waals surface area contributed by atoms with Gasteiger partial charge in [0.05, 0.1) is 0 Å². The fourth-order valence-electron chi connectivity index (χ4n) is 1.47. The van der Waals surface area contributed by atoms with Crippen LogP contribution in [0, 0.1) is 11.7 Å². The topological polar surface area (TPSA) is 9.23 Å². The van der Waals surface area contributed by atoms with Gasteiger partial charge in [0.2, 0.25) is 0 Å². The van der Waals surface area contributed by atoms with Gasteiger partial charge in [-0.15, -0.1) is 0 Å². The van der Waals surface area contributed by atoms with Gasteiger partial charge >= 0.3 is 0 Å². The highest BCUT2D eigenvalue weighted by atomic mass is 79.9. The van der Waals surface area contributed by atoms with Crippen molar-refractivity contribution >= 4 is 15.9 Å². The van der Waals surface area contributed by atoms with Crippen LogP contribution in [0.15, 0.2) is 24.3 Å². The van der Waals surface area contributed by atoms with Gasteiger partial charge in [0, 0.05) is 19.0 Å². The van der Waals surface area contributed by atoms with Crippen LogP contribution in [0.25, 0.3) is 0 Å². The maximum atomic E-state index is 12.7. The molecule has 3 heteroatoms. The molecule has 0 heterocycles. The molecule has 0 radical (unpaired) electrons. The Labute approximate surface area is 98.8 Å². The van der Waals surface area contributed by atoms with Crippen molar-refractivity contribution in [3.8, 4) is 0 Å². The van der Waals surface area contributed by atoms with E-state index in [4.69, 9.17) is 4.74 Å². The van der Waals surface area contributed by atoms with Gasteiger partial charge in [-0.1, -0.05) is 28.1 Å². The lowest BCUT2D eigenvalue weighted by molar-refractivity contribution is 0.181. The van der Waals surface area contributed by atoms with Gasteiger partial charge in [-0.2, -0.15) is 0 Å². The standard InChI is InChI=1S/C12H16BrFO/c1-15-7-6-11(9-13)8-10-2-4-12(14)5-3-10/h2-5,11H,6-9H2,1H3. The molecule has 1 atom stereocenters. The van der Waals surface area contributed by atoms with Gasteiger partial charge in [-0.05, 0) is 36.5 Å². The van der Waals surface area contributed by atoms with E-state index in [-0.39, 0.29) is 5.82 Å². The van der Waals surface area contributed by atoms with Crippen molar-refractivity contribution in [2.45, 2.75) is 12.8 Å². The first-order valence-electron chi connectivity index (χ1n) is 5.05. The number of benzene rings is 1. The fraction of sp³-hybridized carbons (Fsp3) is 0.500. The molecule has 0 aliphatic heterocycles. The first-order valence-corrected chi connectivity index (χ1v) is 6.17. The zero-order chi connectivity index (χ0) is 11.1. The average molecular weight is 275 g/mol. The fourth-order valence-corrected chi connectivity index (χ4v) is 2.02. The quantitative estimate of drug-likeness (QED) is 0.723. The number of alkyl halides is 1. The molecule has 1 rings (SSSR count). The summed E-state index contributed by atoms with van der Waals surface area (Å²) in [4.78, 5) is 0. The summed E-state index contributed by atoms with van der Waals surface area (Å²) in [7, 11) is 1.71. The number of hydrogen-bond donors (Lipinski definition) is 0. The molecule has 1 nitrogen and oxygen atoms in total. The lowest BCUT2D eigenvalue weighted by Gasteiger charge is -2.13. The van der Waals surface area contributed by atoms with Crippen molar-refractivity contribution in [1.29, 1.82) is 0 Å². The van der Waals surface area contributed by atoms with Crippen LogP contribution in [0.4, 0.5) is 4.39 Å².